The van der Waals surface area contributed by atoms with Gasteiger partial charge in [-0.25, -0.2) is 9.97 Å². The smallest absolute Gasteiger partial charge is 0.134 e. The number of hydrogen-bond donors (Lipinski definition) is 0. The van der Waals surface area contributed by atoms with Gasteiger partial charge in [0.1, 0.15) is 16.8 Å². The fourth-order valence-electron chi connectivity index (χ4n) is 2.56. The first-order valence-electron chi connectivity index (χ1n) is 6.37. The number of nitrogens with zero attached hydrogens (tertiary/aromatic N) is 3. The third kappa shape index (κ3) is 3.56. The van der Waals surface area contributed by atoms with E-state index in [-0.39, 0.29) is 0 Å². The summed E-state index contributed by atoms with van der Waals surface area (Å²) < 4.78 is 0. The Morgan fingerprint density at radius 3 is 2.65 bits per heavy atom. The lowest BCUT2D eigenvalue weighted by Gasteiger charge is -2.27. The maximum absolute atomic E-state index is 5.96. The van der Waals surface area contributed by atoms with Gasteiger partial charge in [-0.2, -0.15) is 0 Å². The minimum Gasteiger partial charge on any atom is -0.359 e. The highest BCUT2D eigenvalue weighted by molar-refractivity contribution is 6.29. The van der Waals surface area contributed by atoms with Crippen LogP contribution in [-0.2, 0) is 0 Å². The van der Waals surface area contributed by atoms with Crippen LogP contribution in [0.5, 0.6) is 0 Å². The second-order valence-electron chi connectivity index (χ2n) is 4.98. The van der Waals surface area contributed by atoms with E-state index in [9.17, 15) is 0 Å². The van der Waals surface area contributed by atoms with Crippen molar-refractivity contribution in [2.24, 2.45) is 5.92 Å². The van der Waals surface area contributed by atoms with Gasteiger partial charge in [-0.05, 0) is 25.7 Å². The molecule has 1 aromatic rings. The molecule has 2 rings (SSSR count). The lowest BCUT2D eigenvalue weighted by Crippen LogP contribution is -2.27. The number of aromatic nitrogens is 2. The summed E-state index contributed by atoms with van der Waals surface area (Å²) in [6.07, 6.45) is 6.85. The average molecular weight is 254 g/mol. The predicted molar refractivity (Wildman–Crippen MR) is 71.6 cm³/mol. The second kappa shape index (κ2) is 5.67. The van der Waals surface area contributed by atoms with Gasteiger partial charge >= 0.3 is 0 Å². The van der Waals surface area contributed by atoms with Crippen molar-refractivity contribution in [2.75, 3.05) is 18.5 Å². The molecule has 1 fully saturated rings. The molecular weight excluding hydrogens is 234 g/mol. The largest absolute Gasteiger partial charge is 0.359 e. The number of hydrogen-bond acceptors (Lipinski definition) is 3. The molecule has 1 aromatic heterocycles. The summed E-state index contributed by atoms with van der Waals surface area (Å²) in [6.45, 7) is 2.95. The molecule has 1 saturated carbocycles. The highest BCUT2D eigenvalue weighted by Gasteiger charge is 2.16. The van der Waals surface area contributed by atoms with Gasteiger partial charge in [0.25, 0.3) is 0 Å². The molecule has 0 unspecified atom stereocenters. The number of halogens is 1. The van der Waals surface area contributed by atoms with Crippen molar-refractivity contribution in [3.63, 3.8) is 0 Å². The van der Waals surface area contributed by atoms with E-state index in [1.165, 1.54) is 32.1 Å². The molecule has 94 valence electrons. The molecular formula is C13H20ClN3. The van der Waals surface area contributed by atoms with Gasteiger partial charge in [0.15, 0.2) is 0 Å². The van der Waals surface area contributed by atoms with Crippen LogP contribution in [0.2, 0.25) is 5.15 Å². The molecule has 17 heavy (non-hydrogen) atoms. The van der Waals surface area contributed by atoms with Crippen LogP contribution >= 0.6 is 11.6 Å². The summed E-state index contributed by atoms with van der Waals surface area (Å²) in [5, 5.41) is 0.531. The summed E-state index contributed by atoms with van der Waals surface area (Å²) in [4.78, 5) is 10.7. The third-order valence-corrected chi connectivity index (χ3v) is 3.63. The molecule has 3 nitrogen and oxygen atoms in total. The molecule has 0 N–H and O–H groups in total. The lowest BCUT2D eigenvalue weighted by molar-refractivity contribution is 0.361. The van der Waals surface area contributed by atoms with Gasteiger partial charge in [-0.15, -0.1) is 0 Å². The Bertz CT molecular complexity index is 355. The fourth-order valence-corrected chi connectivity index (χ4v) is 2.78. The normalized spacial score (nSPS) is 17.1. The van der Waals surface area contributed by atoms with E-state index < -0.39 is 0 Å². The van der Waals surface area contributed by atoms with Crippen LogP contribution in [-0.4, -0.2) is 23.6 Å². The molecule has 4 heteroatoms. The van der Waals surface area contributed by atoms with Crippen LogP contribution in [0.1, 0.15) is 37.9 Å². The first-order valence-corrected chi connectivity index (χ1v) is 6.75. The highest BCUT2D eigenvalue weighted by Crippen LogP contribution is 2.25. The van der Waals surface area contributed by atoms with E-state index in [1.54, 1.807) is 0 Å². The van der Waals surface area contributed by atoms with Crippen LogP contribution in [0, 0.1) is 12.8 Å². The van der Waals surface area contributed by atoms with Gasteiger partial charge in [0.05, 0.1) is 0 Å². The predicted octanol–water partition coefficient (Wildman–Crippen LogP) is 3.45. The standard InChI is InChI=1S/C13H20ClN3/c1-10-15-12(14)8-13(16-10)17(2)9-11-6-4-3-5-7-11/h8,11H,3-7,9H2,1-2H3. The zero-order chi connectivity index (χ0) is 12.3. The zero-order valence-electron chi connectivity index (χ0n) is 10.6. The lowest BCUT2D eigenvalue weighted by atomic mass is 9.89. The van der Waals surface area contributed by atoms with E-state index in [4.69, 9.17) is 11.6 Å². The SMILES string of the molecule is Cc1nc(Cl)cc(N(C)CC2CCCCC2)n1. The first kappa shape index (κ1) is 12.6. The molecule has 0 atom stereocenters. The molecule has 0 aliphatic heterocycles. The van der Waals surface area contributed by atoms with E-state index in [0.29, 0.717) is 5.15 Å². The molecule has 0 saturated heterocycles. The van der Waals surface area contributed by atoms with Gasteiger partial charge in [-0.3, -0.25) is 0 Å². The molecule has 1 aliphatic carbocycles. The van der Waals surface area contributed by atoms with Crippen molar-refractivity contribution in [1.82, 2.24) is 9.97 Å². The molecule has 1 aliphatic rings. The van der Waals surface area contributed by atoms with Crippen molar-refractivity contribution >= 4 is 17.4 Å². The van der Waals surface area contributed by atoms with Crippen molar-refractivity contribution in [3.8, 4) is 0 Å². The summed E-state index contributed by atoms with van der Waals surface area (Å²) in [6, 6.07) is 1.84. The Morgan fingerprint density at radius 2 is 2.00 bits per heavy atom. The monoisotopic (exact) mass is 253 g/mol. The van der Waals surface area contributed by atoms with E-state index in [2.05, 4.69) is 21.9 Å². The van der Waals surface area contributed by atoms with Gasteiger partial charge < -0.3 is 4.90 Å². The second-order valence-corrected chi connectivity index (χ2v) is 5.37. The van der Waals surface area contributed by atoms with E-state index in [1.807, 2.05) is 13.0 Å². The van der Waals surface area contributed by atoms with Gasteiger partial charge in [0, 0.05) is 19.7 Å². The molecule has 0 aromatic carbocycles. The molecule has 0 amide bonds. The first-order chi connectivity index (χ1) is 8.15. The van der Waals surface area contributed by atoms with Crippen molar-refractivity contribution in [1.29, 1.82) is 0 Å². The van der Waals surface area contributed by atoms with Gasteiger partial charge in [-0.1, -0.05) is 30.9 Å². The molecule has 0 bridgehead atoms. The average Bonchev–Trinajstić information content (AvgIpc) is 2.29. The third-order valence-electron chi connectivity index (χ3n) is 3.44. The minimum atomic E-state index is 0.531. The Hall–Kier alpha value is -0.830. The Kier molecular flexibility index (Phi) is 4.21. The Morgan fingerprint density at radius 1 is 1.29 bits per heavy atom. The molecule has 1 heterocycles. The highest BCUT2D eigenvalue weighted by atomic mass is 35.5. The minimum absolute atomic E-state index is 0.531. The quantitative estimate of drug-likeness (QED) is 0.773. The van der Waals surface area contributed by atoms with Crippen molar-refractivity contribution in [2.45, 2.75) is 39.0 Å². The molecule has 0 spiro atoms. The van der Waals surface area contributed by atoms with Crippen LogP contribution in [0.25, 0.3) is 0 Å². The maximum Gasteiger partial charge on any atom is 0.134 e. The Labute approximate surface area is 108 Å². The van der Waals surface area contributed by atoms with Crippen LogP contribution in [0.15, 0.2) is 6.07 Å². The van der Waals surface area contributed by atoms with Crippen LogP contribution in [0.4, 0.5) is 5.82 Å². The number of anilines is 1. The van der Waals surface area contributed by atoms with Crippen LogP contribution < -0.4 is 4.90 Å². The topological polar surface area (TPSA) is 29.0 Å². The number of aryl methyl sites for hydroxylation is 1. The number of rotatable bonds is 3. The maximum atomic E-state index is 5.96. The zero-order valence-corrected chi connectivity index (χ0v) is 11.4. The summed E-state index contributed by atoms with van der Waals surface area (Å²) >= 11 is 5.96. The fraction of sp³-hybridized carbons (Fsp3) is 0.692. The van der Waals surface area contributed by atoms with E-state index in [0.717, 1.165) is 24.1 Å². The summed E-state index contributed by atoms with van der Waals surface area (Å²) in [5.74, 6) is 2.49. The van der Waals surface area contributed by atoms with Crippen LogP contribution in [0.3, 0.4) is 0 Å². The van der Waals surface area contributed by atoms with Crippen molar-refractivity contribution < 1.29 is 0 Å². The van der Waals surface area contributed by atoms with Gasteiger partial charge in [0.2, 0.25) is 0 Å². The molecule has 0 radical (unpaired) electrons. The Balaban J connectivity index is 2.00. The van der Waals surface area contributed by atoms with Crippen molar-refractivity contribution in [3.05, 3.63) is 17.0 Å². The summed E-state index contributed by atoms with van der Waals surface area (Å²) in [7, 11) is 2.09. The van der Waals surface area contributed by atoms with E-state index >= 15 is 0 Å². The summed E-state index contributed by atoms with van der Waals surface area (Å²) in [5.41, 5.74) is 0.